The Labute approximate surface area is 117 Å². The molecule has 0 unspecified atom stereocenters. The fraction of sp³-hybridized carbons (Fsp3) is 0.933. The monoisotopic (exact) mass is 269 g/mol. The molecule has 4 heteroatoms. The van der Waals surface area contributed by atoms with E-state index in [0.29, 0.717) is 5.91 Å². The summed E-state index contributed by atoms with van der Waals surface area (Å²) in [5, 5.41) is 0. The van der Waals surface area contributed by atoms with Crippen LogP contribution in [0.5, 0.6) is 0 Å². The van der Waals surface area contributed by atoms with Gasteiger partial charge in [-0.25, -0.2) is 0 Å². The third-order valence-electron chi connectivity index (χ3n) is 5.18. The summed E-state index contributed by atoms with van der Waals surface area (Å²) in [7, 11) is 0. The molecule has 1 amide bonds. The van der Waals surface area contributed by atoms with Crippen molar-refractivity contribution in [3.05, 3.63) is 0 Å². The molecule has 2 rings (SSSR count). The lowest BCUT2D eigenvalue weighted by Crippen LogP contribution is -3.29. The maximum Gasteiger partial charge on any atom is 0.280 e. The smallest absolute Gasteiger partial charge is 0.280 e. The SMILES string of the molecule is CC[NH+]1CC[NH+]([C@@H](C)C(=O)N2CCC(C)CC2)CC1. The van der Waals surface area contributed by atoms with E-state index in [4.69, 9.17) is 0 Å². The summed E-state index contributed by atoms with van der Waals surface area (Å²) in [4.78, 5) is 17.9. The van der Waals surface area contributed by atoms with Crippen LogP contribution in [0.15, 0.2) is 0 Å². The molecule has 2 heterocycles. The molecule has 0 aromatic carbocycles. The summed E-state index contributed by atoms with van der Waals surface area (Å²) in [5.74, 6) is 1.19. The van der Waals surface area contributed by atoms with Gasteiger partial charge in [0, 0.05) is 13.1 Å². The van der Waals surface area contributed by atoms with E-state index in [0.717, 1.165) is 32.1 Å². The molecule has 4 nitrogen and oxygen atoms in total. The summed E-state index contributed by atoms with van der Waals surface area (Å²) in [6.45, 7) is 14.6. The molecule has 0 bridgehead atoms. The van der Waals surface area contributed by atoms with Gasteiger partial charge in [-0.15, -0.1) is 0 Å². The molecule has 0 radical (unpaired) electrons. The number of hydrogen-bond acceptors (Lipinski definition) is 1. The van der Waals surface area contributed by atoms with Crippen LogP contribution in [0.25, 0.3) is 0 Å². The molecule has 110 valence electrons. The van der Waals surface area contributed by atoms with Gasteiger partial charge in [0.1, 0.15) is 26.2 Å². The van der Waals surface area contributed by atoms with Gasteiger partial charge in [0.25, 0.3) is 5.91 Å². The summed E-state index contributed by atoms with van der Waals surface area (Å²) >= 11 is 0. The summed E-state index contributed by atoms with van der Waals surface area (Å²) in [6.07, 6.45) is 2.36. The van der Waals surface area contributed by atoms with E-state index in [1.807, 2.05) is 0 Å². The Hall–Kier alpha value is -0.610. The predicted octanol–water partition coefficient (Wildman–Crippen LogP) is -1.56. The molecule has 0 aromatic heterocycles. The molecule has 2 fully saturated rings. The zero-order chi connectivity index (χ0) is 13.8. The minimum absolute atomic E-state index is 0.159. The van der Waals surface area contributed by atoms with Crippen LogP contribution in [0.1, 0.15) is 33.6 Å². The summed E-state index contributed by atoms with van der Waals surface area (Å²) < 4.78 is 0. The van der Waals surface area contributed by atoms with E-state index in [9.17, 15) is 4.79 Å². The van der Waals surface area contributed by atoms with Gasteiger partial charge in [0.2, 0.25) is 0 Å². The number of likely N-dealkylation sites (tertiary alicyclic amines) is 1. The van der Waals surface area contributed by atoms with Crippen molar-refractivity contribution in [2.45, 2.75) is 39.7 Å². The molecule has 0 aromatic rings. The Morgan fingerprint density at radius 2 is 1.79 bits per heavy atom. The number of nitrogens with zero attached hydrogens (tertiary/aromatic N) is 1. The van der Waals surface area contributed by atoms with E-state index >= 15 is 0 Å². The van der Waals surface area contributed by atoms with Crippen molar-refractivity contribution in [1.29, 1.82) is 0 Å². The van der Waals surface area contributed by atoms with Crippen LogP contribution in [0.4, 0.5) is 0 Å². The molecule has 0 aliphatic carbocycles. The van der Waals surface area contributed by atoms with Crippen molar-refractivity contribution in [1.82, 2.24) is 4.90 Å². The molecule has 1 atom stereocenters. The maximum atomic E-state index is 12.6. The van der Waals surface area contributed by atoms with Gasteiger partial charge in [0.05, 0.1) is 6.54 Å². The first-order chi connectivity index (χ1) is 9.11. The van der Waals surface area contributed by atoms with Crippen LogP contribution >= 0.6 is 0 Å². The third-order valence-corrected chi connectivity index (χ3v) is 5.18. The molecule has 0 spiro atoms. The van der Waals surface area contributed by atoms with Gasteiger partial charge in [-0.2, -0.15) is 0 Å². The lowest BCUT2D eigenvalue weighted by Gasteiger charge is -2.36. The van der Waals surface area contributed by atoms with Gasteiger partial charge < -0.3 is 14.7 Å². The van der Waals surface area contributed by atoms with Gasteiger partial charge in [-0.1, -0.05) is 6.92 Å². The van der Waals surface area contributed by atoms with Crippen LogP contribution in [-0.4, -0.2) is 62.7 Å². The average Bonchev–Trinajstić information content (AvgIpc) is 2.46. The molecule has 2 saturated heterocycles. The van der Waals surface area contributed by atoms with E-state index in [2.05, 4.69) is 25.7 Å². The number of amides is 1. The van der Waals surface area contributed by atoms with Crippen LogP contribution in [0.2, 0.25) is 0 Å². The number of rotatable bonds is 3. The van der Waals surface area contributed by atoms with E-state index in [1.54, 1.807) is 4.90 Å². The number of piperazine rings is 1. The number of nitrogens with one attached hydrogen (secondary N) is 2. The Morgan fingerprint density at radius 3 is 2.32 bits per heavy atom. The molecular formula is C15H31N3O+2. The van der Waals surface area contributed by atoms with Crippen molar-refractivity contribution < 1.29 is 14.6 Å². The summed E-state index contributed by atoms with van der Waals surface area (Å²) in [5.41, 5.74) is 0. The Kier molecular flexibility index (Phi) is 5.22. The lowest BCUT2D eigenvalue weighted by molar-refractivity contribution is -1.02. The summed E-state index contributed by atoms with van der Waals surface area (Å²) in [6, 6.07) is 0.159. The molecule has 2 N–H and O–H groups in total. The first-order valence-corrected chi connectivity index (χ1v) is 8.08. The molecule has 19 heavy (non-hydrogen) atoms. The first-order valence-electron chi connectivity index (χ1n) is 8.08. The first kappa shape index (κ1) is 14.8. The second-order valence-electron chi connectivity index (χ2n) is 6.49. The van der Waals surface area contributed by atoms with Gasteiger partial charge in [-0.05, 0) is 32.6 Å². The Morgan fingerprint density at radius 1 is 1.21 bits per heavy atom. The van der Waals surface area contributed by atoms with E-state index in [-0.39, 0.29) is 6.04 Å². The predicted molar refractivity (Wildman–Crippen MR) is 76.4 cm³/mol. The topological polar surface area (TPSA) is 29.2 Å². The van der Waals surface area contributed by atoms with Crippen LogP contribution in [0.3, 0.4) is 0 Å². The second kappa shape index (κ2) is 6.71. The largest absolute Gasteiger partial charge is 0.338 e. The van der Waals surface area contributed by atoms with E-state index < -0.39 is 0 Å². The number of carbonyl (C=O) groups is 1. The minimum atomic E-state index is 0.159. The number of piperidine rings is 1. The van der Waals surface area contributed by atoms with E-state index in [1.165, 1.54) is 37.4 Å². The van der Waals surface area contributed by atoms with Crippen molar-refractivity contribution in [3.8, 4) is 0 Å². The highest BCUT2D eigenvalue weighted by atomic mass is 16.2. The number of hydrogen-bond donors (Lipinski definition) is 2. The van der Waals surface area contributed by atoms with Crippen LogP contribution in [0, 0.1) is 5.92 Å². The van der Waals surface area contributed by atoms with Crippen molar-refractivity contribution in [3.63, 3.8) is 0 Å². The third kappa shape index (κ3) is 3.69. The second-order valence-corrected chi connectivity index (χ2v) is 6.49. The minimum Gasteiger partial charge on any atom is -0.338 e. The standard InChI is InChI=1S/C15H29N3O/c1-4-16-9-11-17(12-10-16)14(3)15(19)18-7-5-13(2)6-8-18/h13-14H,4-12H2,1-3H3/p+2/t14-/m0/s1. The highest BCUT2D eigenvalue weighted by molar-refractivity contribution is 5.80. The zero-order valence-corrected chi connectivity index (χ0v) is 12.9. The molecular weight excluding hydrogens is 238 g/mol. The normalized spacial score (nSPS) is 31.2. The van der Waals surface area contributed by atoms with Crippen LogP contribution < -0.4 is 9.80 Å². The lowest BCUT2D eigenvalue weighted by atomic mass is 9.98. The number of likely N-dealkylation sites (N-methyl/N-ethyl adjacent to an activating group) is 1. The molecule has 0 saturated carbocycles. The highest BCUT2D eigenvalue weighted by Gasteiger charge is 2.33. The molecule has 2 aliphatic heterocycles. The Bertz CT molecular complexity index is 292. The average molecular weight is 269 g/mol. The molecule has 2 aliphatic rings. The highest BCUT2D eigenvalue weighted by Crippen LogP contribution is 2.16. The fourth-order valence-electron chi connectivity index (χ4n) is 3.39. The van der Waals surface area contributed by atoms with Crippen molar-refractivity contribution in [2.75, 3.05) is 45.8 Å². The maximum absolute atomic E-state index is 12.6. The Balaban J connectivity index is 1.82. The fourth-order valence-corrected chi connectivity index (χ4v) is 3.39. The number of carbonyl (C=O) groups excluding carboxylic acids is 1. The van der Waals surface area contributed by atoms with Crippen LogP contribution in [-0.2, 0) is 4.79 Å². The number of quaternary nitrogens is 2. The zero-order valence-electron chi connectivity index (χ0n) is 12.9. The quantitative estimate of drug-likeness (QED) is 0.637. The van der Waals surface area contributed by atoms with Gasteiger partial charge >= 0.3 is 0 Å². The van der Waals surface area contributed by atoms with Gasteiger partial charge in [0.15, 0.2) is 6.04 Å². The van der Waals surface area contributed by atoms with Crippen molar-refractivity contribution in [2.24, 2.45) is 5.92 Å². The van der Waals surface area contributed by atoms with Gasteiger partial charge in [-0.3, -0.25) is 4.79 Å². The van der Waals surface area contributed by atoms with Crippen molar-refractivity contribution >= 4 is 5.91 Å².